The van der Waals surface area contributed by atoms with Crippen molar-refractivity contribution in [2.45, 2.75) is 46.2 Å². The summed E-state index contributed by atoms with van der Waals surface area (Å²) in [5, 5.41) is 4.34. The summed E-state index contributed by atoms with van der Waals surface area (Å²) in [6.45, 7) is 8.08. The van der Waals surface area contributed by atoms with Crippen molar-refractivity contribution in [2.75, 3.05) is 18.0 Å². The average molecular weight is 327 g/mol. The zero-order chi connectivity index (χ0) is 17.1. The molecule has 0 N–H and O–H groups in total. The third-order valence-electron chi connectivity index (χ3n) is 4.59. The summed E-state index contributed by atoms with van der Waals surface area (Å²) in [5.74, 6) is 0.897. The van der Waals surface area contributed by atoms with E-state index in [4.69, 9.17) is 4.52 Å². The Kier molecular flexibility index (Phi) is 4.88. The maximum absolute atomic E-state index is 12.1. The monoisotopic (exact) mass is 327 g/mol. The van der Waals surface area contributed by atoms with Crippen molar-refractivity contribution in [3.8, 4) is 11.3 Å². The van der Waals surface area contributed by atoms with Crippen LogP contribution in [0.1, 0.15) is 39.2 Å². The van der Waals surface area contributed by atoms with E-state index in [1.165, 1.54) is 0 Å². The van der Waals surface area contributed by atoms with Crippen molar-refractivity contribution in [1.29, 1.82) is 0 Å². The molecule has 0 unspecified atom stereocenters. The molecule has 0 atom stereocenters. The summed E-state index contributed by atoms with van der Waals surface area (Å²) >= 11 is 0. The second-order valence-corrected chi connectivity index (χ2v) is 6.23. The van der Waals surface area contributed by atoms with Crippen LogP contribution in [0.3, 0.4) is 0 Å². The van der Waals surface area contributed by atoms with Crippen LogP contribution < -0.4 is 4.90 Å². The molecule has 1 aliphatic carbocycles. The lowest BCUT2D eigenvalue weighted by Crippen LogP contribution is -2.31. The van der Waals surface area contributed by atoms with E-state index in [9.17, 15) is 4.79 Å². The number of amides is 1. The van der Waals surface area contributed by atoms with Crippen molar-refractivity contribution in [2.24, 2.45) is 0 Å². The fraction of sp³-hybridized carbons (Fsp3) is 0.474. The molecule has 24 heavy (non-hydrogen) atoms. The van der Waals surface area contributed by atoms with Crippen LogP contribution in [0.25, 0.3) is 11.3 Å². The minimum atomic E-state index is 0.114. The molecule has 1 aromatic heterocycles. The van der Waals surface area contributed by atoms with Crippen LogP contribution in [0.2, 0.25) is 0 Å². The van der Waals surface area contributed by atoms with Crippen LogP contribution in [0.4, 0.5) is 5.88 Å². The predicted molar refractivity (Wildman–Crippen MR) is 94.7 cm³/mol. The van der Waals surface area contributed by atoms with Gasteiger partial charge in [-0.15, -0.1) is 0 Å². The molecule has 1 aliphatic rings. The summed E-state index contributed by atoms with van der Waals surface area (Å²) in [5.41, 5.74) is 2.87. The zero-order valence-electron chi connectivity index (χ0n) is 14.7. The SMILES string of the molecule is CCN(CC)c1onc(-c2ccccc2)c1CN(C(C)=O)C1CC1. The molecule has 2 aromatic rings. The lowest BCUT2D eigenvalue weighted by Gasteiger charge is -2.23. The Balaban J connectivity index is 2.02. The van der Waals surface area contributed by atoms with Gasteiger partial charge >= 0.3 is 0 Å². The van der Waals surface area contributed by atoms with Crippen molar-refractivity contribution in [3.63, 3.8) is 0 Å². The highest BCUT2D eigenvalue weighted by Gasteiger charge is 2.33. The van der Waals surface area contributed by atoms with E-state index >= 15 is 0 Å². The summed E-state index contributed by atoms with van der Waals surface area (Å²) in [6.07, 6.45) is 2.18. The van der Waals surface area contributed by atoms with Crippen LogP contribution in [-0.2, 0) is 11.3 Å². The number of anilines is 1. The minimum absolute atomic E-state index is 0.114. The molecule has 128 valence electrons. The van der Waals surface area contributed by atoms with Crippen molar-refractivity contribution >= 4 is 11.8 Å². The number of nitrogens with zero attached hydrogens (tertiary/aromatic N) is 3. The first-order chi connectivity index (χ1) is 11.7. The van der Waals surface area contributed by atoms with Crippen molar-refractivity contribution < 1.29 is 9.32 Å². The highest BCUT2D eigenvalue weighted by Crippen LogP contribution is 2.35. The Morgan fingerprint density at radius 1 is 1.21 bits per heavy atom. The molecule has 0 spiro atoms. The summed E-state index contributed by atoms with van der Waals surface area (Å²) in [6, 6.07) is 10.4. The van der Waals surface area contributed by atoms with E-state index < -0.39 is 0 Å². The zero-order valence-corrected chi connectivity index (χ0v) is 14.7. The normalized spacial score (nSPS) is 13.8. The smallest absolute Gasteiger partial charge is 0.232 e. The van der Waals surface area contributed by atoms with E-state index in [2.05, 4.69) is 23.9 Å². The summed E-state index contributed by atoms with van der Waals surface area (Å²) < 4.78 is 5.71. The highest BCUT2D eigenvalue weighted by molar-refractivity contribution is 5.75. The van der Waals surface area contributed by atoms with Gasteiger partial charge in [0.15, 0.2) is 0 Å². The van der Waals surface area contributed by atoms with Gasteiger partial charge in [0.05, 0.1) is 12.1 Å². The van der Waals surface area contributed by atoms with Gasteiger partial charge in [-0.25, -0.2) is 0 Å². The number of carbonyl (C=O) groups is 1. The van der Waals surface area contributed by atoms with Gasteiger partial charge in [0, 0.05) is 31.6 Å². The van der Waals surface area contributed by atoms with E-state index in [1.54, 1.807) is 6.92 Å². The second-order valence-electron chi connectivity index (χ2n) is 6.23. The van der Waals surface area contributed by atoms with Gasteiger partial charge in [-0.2, -0.15) is 0 Å². The standard InChI is InChI=1S/C19H25N3O2/c1-4-21(5-2)19-17(13-22(14(3)23)16-11-12-16)18(20-24-19)15-9-7-6-8-10-15/h6-10,16H,4-5,11-13H2,1-3H3. The average Bonchev–Trinajstić information content (AvgIpc) is 3.35. The van der Waals surface area contributed by atoms with Gasteiger partial charge in [0.1, 0.15) is 5.69 Å². The fourth-order valence-corrected chi connectivity index (χ4v) is 3.08. The van der Waals surface area contributed by atoms with Gasteiger partial charge in [-0.05, 0) is 26.7 Å². The maximum atomic E-state index is 12.1. The van der Waals surface area contributed by atoms with Crippen molar-refractivity contribution in [3.05, 3.63) is 35.9 Å². The van der Waals surface area contributed by atoms with E-state index in [1.807, 2.05) is 35.2 Å². The summed E-state index contributed by atoms with van der Waals surface area (Å²) in [7, 11) is 0. The third kappa shape index (κ3) is 3.30. The van der Waals surface area contributed by atoms with Gasteiger partial charge in [0.25, 0.3) is 0 Å². The molecular weight excluding hydrogens is 302 g/mol. The number of carbonyl (C=O) groups excluding carboxylic acids is 1. The van der Waals surface area contributed by atoms with Crippen LogP contribution in [0.15, 0.2) is 34.9 Å². The molecular formula is C19H25N3O2. The maximum Gasteiger partial charge on any atom is 0.232 e. The van der Waals surface area contributed by atoms with Crippen molar-refractivity contribution in [1.82, 2.24) is 10.1 Å². The van der Waals surface area contributed by atoms with Crippen LogP contribution >= 0.6 is 0 Å². The third-order valence-corrected chi connectivity index (χ3v) is 4.59. The predicted octanol–water partition coefficient (Wildman–Crippen LogP) is 3.70. The summed E-state index contributed by atoms with van der Waals surface area (Å²) in [4.78, 5) is 16.2. The lowest BCUT2D eigenvalue weighted by atomic mass is 10.1. The van der Waals surface area contributed by atoms with Gasteiger partial charge in [0.2, 0.25) is 11.8 Å². The Morgan fingerprint density at radius 2 is 1.88 bits per heavy atom. The number of hydrogen-bond acceptors (Lipinski definition) is 4. The van der Waals surface area contributed by atoms with Gasteiger partial charge < -0.3 is 14.3 Å². The van der Waals surface area contributed by atoms with Gasteiger partial charge in [-0.1, -0.05) is 35.5 Å². The Bertz CT molecular complexity index is 688. The first-order valence-electron chi connectivity index (χ1n) is 8.71. The molecule has 1 aromatic carbocycles. The lowest BCUT2D eigenvalue weighted by molar-refractivity contribution is -0.130. The van der Waals surface area contributed by atoms with Crippen LogP contribution in [-0.4, -0.2) is 35.1 Å². The molecule has 0 aliphatic heterocycles. The second kappa shape index (κ2) is 7.07. The molecule has 0 bridgehead atoms. The first-order valence-corrected chi connectivity index (χ1v) is 8.71. The molecule has 0 saturated heterocycles. The first kappa shape index (κ1) is 16.6. The quantitative estimate of drug-likeness (QED) is 0.778. The molecule has 1 amide bonds. The molecule has 5 heteroatoms. The highest BCUT2D eigenvalue weighted by atomic mass is 16.5. The molecule has 3 rings (SSSR count). The van der Waals surface area contributed by atoms with E-state index in [0.29, 0.717) is 12.6 Å². The molecule has 5 nitrogen and oxygen atoms in total. The number of hydrogen-bond donors (Lipinski definition) is 0. The van der Waals surface area contributed by atoms with Crippen LogP contribution in [0, 0.1) is 0 Å². The Morgan fingerprint density at radius 3 is 2.42 bits per heavy atom. The minimum Gasteiger partial charge on any atom is -0.341 e. The van der Waals surface area contributed by atoms with Crippen LogP contribution in [0.5, 0.6) is 0 Å². The molecule has 1 saturated carbocycles. The number of rotatable bonds is 7. The van der Waals surface area contributed by atoms with Gasteiger partial charge in [-0.3, -0.25) is 4.79 Å². The number of benzene rings is 1. The molecule has 1 heterocycles. The topological polar surface area (TPSA) is 49.6 Å². The molecule has 0 radical (unpaired) electrons. The Hall–Kier alpha value is -2.30. The number of aromatic nitrogens is 1. The largest absolute Gasteiger partial charge is 0.341 e. The van der Waals surface area contributed by atoms with E-state index in [-0.39, 0.29) is 5.91 Å². The van der Waals surface area contributed by atoms with E-state index in [0.717, 1.165) is 48.6 Å². The fourth-order valence-electron chi connectivity index (χ4n) is 3.08. The molecule has 1 fully saturated rings. The Labute approximate surface area is 143 Å².